The zero-order valence-electron chi connectivity index (χ0n) is 11.3. The molecule has 4 nitrogen and oxygen atoms in total. The molecule has 2 heterocycles. The second-order valence-electron chi connectivity index (χ2n) is 5.06. The predicted molar refractivity (Wildman–Crippen MR) is 76.6 cm³/mol. The summed E-state index contributed by atoms with van der Waals surface area (Å²) >= 11 is 0. The van der Waals surface area contributed by atoms with Gasteiger partial charge in [0.1, 0.15) is 5.84 Å². The second-order valence-corrected chi connectivity index (χ2v) is 5.06. The normalized spacial score (nSPS) is 20.7. The molecule has 1 saturated heterocycles. The molecule has 0 spiro atoms. The van der Waals surface area contributed by atoms with Crippen LogP contribution in [0, 0.1) is 0 Å². The van der Waals surface area contributed by atoms with Gasteiger partial charge in [-0.15, -0.1) is 0 Å². The summed E-state index contributed by atoms with van der Waals surface area (Å²) in [4.78, 5) is 7.07. The maximum atomic E-state index is 5.41. The van der Waals surface area contributed by atoms with Crippen molar-refractivity contribution in [1.82, 2.24) is 10.2 Å². The minimum atomic E-state index is 0.849. The minimum Gasteiger partial charge on any atom is -0.379 e. The molecule has 1 fully saturated rings. The van der Waals surface area contributed by atoms with E-state index in [1.807, 2.05) is 0 Å². The number of morpholine rings is 1. The van der Waals surface area contributed by atoms with Gasteiger partial charge < -0.3 is 10.1 Å². The number of rotatable bonds is 3. The first kappa shape index (κ1) is 12.6. The van der Waals surface area contributed by atoms with Crippen LogP contribution in [0.25, 0.3) is 0 Å². The third kappa shape index (κ3) is 3.14. The lowest BCUT2D eigenvalue weighted by Gasteiger charge is -2.28. The summed E-state index contributed by atoms with van der Waals surface area (Å²) in [5.41, 5.74) is 2.62. The summed E-state index contributed by atoms with van der Waals surface area (Å²) in [6, 6.07) is 8.59. The molecule has 0 aromatic heterocycles. The highest BCUT2D eigenvalue weighted by atomic mass is 16.5. The smallest absolute Gasteiger partial charge is 0.128 e. The lowest BCUT2D eigenvalue weighted by Crippen LogP contribution is -2.37. The standard InChI is InChI=1S/C15H21N3O/c1-2-5-14(15-16-6-3-7-17-15)13(4-1)12-18-8-10-19-11-9-18/h1-2,4-5H,3,6-12H2,(H,16,17). The summed E-state index contributed by atoms with van der Waals surface area (Å²) in [5, 5.41) is 3.42. The van der Waals surface area contributed by atoms with Crippen molar-refractivity contribution in [2.75, 3.05) is 39.4 Å². The molecule has 1 N–H and O–H groups in total. The second kappa shape index (κ2) is 6.17. The van der Waals surface area contributed by atoms with Gasteiger partial charge in [0.05, 0.1) is 13.2 Å². The molecular weight excluding hydrogens is 238 g/mol. The van der Waals surface area contributed by atoms with Gasteiger partial charge in [0.2, 0.25) is 0 Å². The van der Waals surface area contributed by atoms with Crippen LogP contribution in [0.1, 0.15) is 17.5 Å². The molecule has 102 valence electrons. The van der Waals surface area contributed by atoms with Gasteiger partial charge in [-0.2, -0.15) is 0 Å². The molecule has 0 saturated carbocycles. The van der Waals surface area contributed by atoms with Crippen LogP contribution < -0.4 is 5.32 Å². The van der Waals surface area contributed by atoms with Crippen molar-refractivity contribution in [2.24, 2.45) is 4.99 Å². The van der Waals surface area contributed by atoms with Gasteiger partial charge in [-0.1, -0.05) is 24.3 Å². The highest BCUT2D eigenvalue weighted by Crippen LogP contribution is 2.14. The van der Waals surface area contributed by atoms with Crippen molar-refractivity contribution in [1.29, 1.82) is 0 Å². The van der Waals surface area contributed by atoms with E-state index in [9.17, 15) is 0 Å². The first-order valence-electron chi connectivity index (χ1n) is 7.10. The van der Waals surface area contributed by atoms with Crippen LogP contribution >= 0.6 is 0 Å². The zero-order chi connectivity index (χ0) is 12.9. The molecular formula is C15H21N3O. The van der Waals surface area contributed by atoms with Crippen molar-refractivity contribution >= 4 is 5.84 Å². The van der Waals surface area contributed by atoms with E-state index in [4.69, 9.17) is 4.74 Å². The molecule has 2 aliphatic rings. The number of nitrogens with one attached hydrogen (secondary N) is 1. The monoisotopic (exact) mass is 259 g/mol. The maximum Gasteiger partial charge on any atom is 0.128 e. The van der Waals surface area contributed by atoms with Crippen LogP contribution in [0.5, 0.6) is 0 Å². The quantitative estimate of drug-likeness (QED) is 0.888. The fourth-order valence-electron chi connectivity index (χ4n) is 2.60. The third-order valence-electron chi connectivity index (χ3n) is 3.67. The number of benzene rings is 1. The molecule has 19 heavy (non-hydrogen) atoms. The van der Waals surface area contributed by atoms with Crippen LogP contribution in [-0.4, -0.2) is 50.1 Å². The molecule has 3 rings (SSSR count). The average Bonchev–Trinajstić information content (AvgIpc) is 2.50. The predicted octanol–water partition coefficient (Wildman–Crippen LogP) is 1.26. The van der Waals surface area contributed by atoms with Gasteiger partial charge in [0, 0.05) is 38.3 Å². The van der Waals surface area contributed by atoms with Crippen molar-refractivity contribution in [2.45, 2.75) is 13.0 Å². The lowest BCUT2D eigenvalue weighted by molar-refractivity contribution is 0.0341. The van der Waals surface area contributed by atoms with Crippen molar-refractivity contribution in [3.8, 4) is 0 Å². The van der Waals surface area contributed by atoms with E-state index in [-0.39, 0.29) is 0 Å². The molecule has 0 amide bonds. The van der Waals surface area contributed by atoms with Gasteiger partial charge in [0.15, 0.2) is 0 Å². The Kier molecular flexibility index (Phi) is 4.10. The highest BCUT2D eigenvalue weighted by Gasteiger charge is 2.15. The Morgan fingerprint density at radius 2 is 2.05 bits per heavy atom. The fraction of sp³-hybridized carbons (Fsp3) is 0.533. The van der Waals surface area contributed by atoms with E-state index >= 15 is 0 Å². The molecule has 1 aromatic carbocycles. The Morgan fingerprint density at radius 1 is 1.21 bits per heavy atom. The van der Waals surface area contributed by atoms with Crippen LogP contribution in [0.2, 0.25) is 0 Å². The van der Waals surface area contributed by atoms with E-state index in [1.165, 1.54) is 11.1 Å². The third-order valence-corrected chi connectivity index (χ3v) is 3.67. The van der Waals surface area contributed by atoms with E-state index in [0.29, 0.717) is 0 Å². The number of hydrogen-bond donors (Lipinski definition) is 1. The van der Waals surface area contributed by atoms with E-state index in [2.05, 4.69) is 39.5 Å². The van der Waals surface area contributed by atoms with Crippen molar-refractivity contribution < 1.29 is 4.74 Å². The summed E-state index contributed by atoms with van der Waals surface area (Å²) in [6.45, 7) is 6.70. The number of hydrogen-bond acceptors (Lipinski definition) is 4. The number of ether oxygens (including phenoxy) is 1. The minimum absolute atomic E-state index is 0.849. The van der Waals surface area contributed by atoms with Gasteiger partial charge in [-0.3, -0.25) is 9.89 Å². The largest absolute Gasteiger partial charge is 0.379 e. The number of aliphatic imine (C=N–C) groups is 1. The number of nitrogens with zero attached hydrogens (tertiary/aromatic N) is 2. The van der Waals surface area contributed by atoms with E-state index in [1.54, 1.807) is 0 Å². The average molecular weight is 259 g/mol. The highest BCUT2D eigenvalue weighted by molar-refractivity contribution is 6.00. The van der Waals surface area contributed by atoms with Crippen LogP contribution in [-0.2, 0) is 11.3 Å². The molecule has 0 atom stereocenters. The molecule has 0 unspecified atom stereocenters. The van der Waals surface area contributed by atoms with Gasteiger partial charge in [-0.05, 0) is 12.0 Å². The van der Waals surface area contributed by atoms with Crippen LogP contribution in [0.15, 0.2) is 29.3 Å². The van der Waals surface area contributed by atoms with Crippen molar-refractivity contribution in [3.05, 3.63) is 35.4 Å². The first-order chi connectivity index (χ1) is 9.43. The molecule has 1 aromatic rings. The van der Waals surface area contributed by atoms with Gasteiger partial charge in [-0.25, -0.2) is 0 Å². The molecule has 0 aliphatic carbocycles. The Labute approximate surface area is 114 Å². The summed E-state index contributed by atoms with van der Waals surface area (Å²) in [7, 11) is 0. The summed E-state index contributed by atoms with van der Waals surface area (Å²) in [6.07, 6.45) is 1.13. The van der Waals surface area contributed by atoms with Gasteiger partial charge in [0.25, 0.3) is 0 Å². The summed E-state index contributed by atoms with van der Waals surface area (Å²) in [5.74, 6) is 1.06. The Bertz CT molecular complexity index is 452. The number of amidine groups is 1. The summed E-state index contributed by atoms with van der Waals surface area (Å²) < 4.78 is 5.41. The Morgan fingerprint density at radius 3 is 2.84 bits per heavy atom. The Balaban J connectivity index is 1.78. The Hall–Kier alpha value is -1.39. The van der Waals surface area contributed by atoms with Gasteiger partial charge >= 0.3 is 0 Å². The topological polar surface area (TPSA) is 36.9 Å². The van der Waals surface area contributed by atoms with E-state index in [0.717, 1.165) is 58.2 Å². The van der Waals surface area contributed by atoms with Crippen LogP contribution in [0.4, 0.5) is 0 Å². The molecule has 0 radical (unpaired) electrons. The molecule has 0 bridgehead atoms. The lowest BCUT2D eigenvalue weighted by atomic mass is 10.0. The zero-order valence-corrected chi connectivity index (χ0v) is 11.3. The van der Waals surface area contributed by atoms with Crippen molar-refractivity contribution in [3.63, 3.8) is 0 Å². The fourth-order valence-corrected chi connectivity index (χ4v) is 2.60. The molecule has 4 heteroatoms. The first-order valence-corrected chi connectivity index (χ1v) is 7.10. The van der Waals surface area contributed by atoms with E-state index < -0.39 is 0 Å². The SMILES string of the molecule is c1ccc(C2=NCCCN2)c(CN2CCOCC2)c1. The maximum absolute atomic E-state index is 5.41. The molecule has 2 aliphatic heterocycles. The van der Waals surface area contributed by atoms with Crippen LogP contribution in [0.3, 0.4) is 0 Å².